The molecule has 0 atom stereocenters. The van der Waals surface area contributed by atoms with Crippen LogP contribution in [0.3, 0.4) is 0 Å². The van der Waals surface area contributed by atoms with Crippen molar-refractivity contribution < 1.29 is 5.11 Å². The number of phenols is 1. The molecule has 0 unspecified atom stereocenters. The quantitative estimate of drug-likeness (QED) is 0.396. The number of hydrogen-bond acceptors (Lipinski definition) is 3. The number of rotatable bonds is 2. The zero-order valence-electron chi connectivity index (χ0n) is 6.31. The zero-order chi connectivity index (χ0) is 8.97. The van der Waals surface area contributed by atoms with Crippen molar-refractivity contribution in [2.24, 2.45) is 10.8 Å². The largest absolute Gasteiger partial charge is 0.508 e. The lowest BCUT2D eigenvalue weighted by Gasteiger charge is -2.00. The molecule has 0 amide bonds. The van der Waals surface area contributed by atoms with Crippen LogP contribution >= 0.6 is 0 Å². The fourth-order valence-electron chi connectivity index (χ4n) is 0.839. The molecule has 0 aromatic heterocycles. The van der Waals surface area contributed by atoms with E-state index in [9.17, 15) is 5.11 Å². The summed E-state index contributed by atoms with van der Waals surface area (Å²) in [5.74, 6) is 0.0578. The lowest BCUT2D eigenvalue weighted by atomic mass is 10.2. The monoisotopic (exact) mass is 164 g/mol. The summed E-state index contributed by atoms with van der Waals surface area (Å²) in [4.78, 5) is 2.59. The van der Waals surface area contributed by atoms with E-state index in [0.29, 0.717) is 11.3 Å². The predicted molar refractivity (Wildman–Crippen MR) is 44.8 cm³/mol. The molecule has 0 radical (unpaired) electrons. The van der Waals surface area contributed by atoms with E-state index in [1.165, 1.54) is 6.07 Å². The lowest BCUT2D eigenvalue weighted by Crippen LogP contribution is -1.95. The van der Waals surface area contributed by atoms with Gasteiger partial charge in [-0.3, -0.25) is 0 Å². The summed E-state index contributed by atoms with van der Waals surface area (Å²) in [6, 6.07) is 4.60. The second-order valence-electron chi connectivity index (χ2n) is 2.21. The summed E-state index contributed by atoms with van der Waals surface area (Å²) in [5, 5.41) is 12.6. The molecule has 0 aliphatic carbocycles. The number of aromatic hydroxyl groups is 1. The molecular weight excluding hydrogens is 156 g/mol. The second-order valence-corrected chi connectivity index (χ2v) is 2.21. The van der Waals surface area contributed by atoms with Crippen LogP contribution in [0.1, 0.15) is 5.56 Å². The van der Waals surface area contributed by atoms with E-state index in [1.54, 1.807) is 12.1 Å². The van der Waals surface area contributed by atoms with Crippen molar-refractivity contribution >= 4 is 5.69 Å². The number of benzene rings is 1. The molecule has 0 aliphatic rings. The maximum atomic E-state index is 9.25. The minimum Gasteiger partial charge on any atom is -0.508 e. The van der Waals surface area contributed by atoms with Crippen LogP contribution in [-0.4, -0.2) is 5.11 Å². The highest BCUT2D eigenvalue weighted by Gasteiger charge is 1.98. The highest BCUT2D eigenvalue weighted by Crippen LogP contribution is 2.23. The van der Waals surface area contributed by atoms with Crippen LogP contribution in [0.2, 0.25) is 0 Å². The molecule has 0 saturated carbocycles. The van der Waals surface area contributed by atoms with Crippen molar-refractivity contribution in [3.8, 4) is 5.75 Å². The van der Waals surface area contributed by atoms with Gasteiger partial charge in [-0.15, -0.1) is 0 Å². The molecule has 62 valence electrons. The molecule has 3 N–H and O–H groups in total. The third-order valence-corrected chi connectivity index (χ3v) is 1.45. The number of nitrogens with two attached hydrogens (primary N) is 1. The molecule has 0 saturated heterocycles. The second kappa shape index (κ2) is 3.61. The topological polar surface area (TPSA) is 95.0 Å². The minimum atomic E-state index is 0.0578. The number of phenolic OH excluding ortho intramolecular Hbond substituents is 1. The van der Waals surface area contributed by atoms with Crippen molar-refractivity contribution in [2.45, 2.75) is 6.54 Å². The molecule has 5 nitrogen and oxygen atoms in total. The Labute approximate surface area is 69.1 Å². The fourth-order valence-corrected chi connectivity index (χ4v) is 0.839. The summed E-state index contributed by atoms with van der Waals surface area (Å²) in [5.41, 5.74) is 14.4. The van der Waals surface area contributed by atoms with Gasteiger partial charge in [0.15, 0.2) is 0 Å². The third-order valence-electron chi connectivity index (χ3n) is 1.45. The van der Waals surface area contributed by atoms with Crippen molar-refractivity contribution in [1.82, 2.24) is 0 Å². The standard InChI is InChI=1S/C7H8N4O/c8-4-5-1-2-6(10-11-9)3-7(5)12/h1-3,12H,4,8H2. The first-order valence-corrected chi connectivity index (χ1v) is 3.35. The first kappa shape index (κ1) is 8.39. The number of azide groups is 1. The van der Waals surface area contributed by atoms with Crippen LogP contribution in [0.25, 0.3) is 10.4 Å². The van der Waals surface area contributed by atoms with Gasteiger partial charge >= 0.3 is 0 Å². The Morgan fingerprint density at radius 3 is 2.83 bits per heavy atom. The molecule has 1 aromatic carbocycles. The Hall–Kier alpha value is -1.71. The first-order chi connectivity index (χ1) is 5.77. The summed E-state index contributed by atoms with van der Waals surface area (Å²) in [6.45, 7) is 0.266. The highest BCUT2D eigenvalue weighted by atomic mass is 16.3. The highest BCUT2D eigenvalue weighted by molar-refractivity contribution is 5.47. The molecule has 5 heteroatoms. The normalized spacial score (nSPS) is 9.08. The molecule has 0 heterocycles. The number of hydrogen-bond donors (Lipinski definition) is 2. The van der Waals surface area contributed by atoms with E-state index >= 15 is 0 Å². The smallest absolute Gasteiger partial charge is 0.120 e. The lowest BCUT2D eigenvalue weighted by molar-refractivity contribution is 0.468. The predicted octanol–water partition coefficient (Wildman–Crippen LogP) is 1.79. The van der Waals surface area contributed by atoms with Gasteiger partial charge < -0.3 is 10.8 Å². The maximum absolute atomic E-state index is 9.25. The van der Waals surface area contributed by atoms with Gasteiger partial charge in [0, 0.05) is 22.7 Å². The van der Waals surface area contributed by atoms with Gasteiger partial charge in [-0.25, -0.2) is 0 Å². The summed E-state index contributed by atoms with van der Waals surface area (Å²) >= 11 is 0. The number of nitrogens with zero attached hydrogens (tertiary/aromatic N) is 3. The maximum Gasteiger partial charge on any atom is 0.120 e. The van der Waals surface area contributed by atoms with Gasteiger partial charge in [0.2, 0.25) is 0 Å². The molecule has 0 fully saturated rings. The van der Waals surface area contributed by atoms with Crippen LogP contribution in [0, 0.1) is 0 Å². The zero-order valence-corrected chi connectivity index (χ0v) is 6.31. The van der Waals surface area contributed by atoms with Crippen LogP contribution in [0.15, 0.2) is 23.3 Å². The summed E-state index contributed by atoms with van der Waals surface area (Å²) < 4.78 is 0. The van der Waals surface area contributed by atoms with E-state index in [0.717, 1.165) is 0 Å². The first-order valence-electron chi connectivity index (χ1n) is 3.35. The minimum absolute atomic E-state index is 0.0578. The van der Waals surface area contributed by atoms with Crippen LogP contribution < -0.4 is 5.73 Å². The van der Waals surface area contributed by atoms with Gasteiger partial charge in [-0.1, -0.05) is 17.2 Å². The molecule has 0 aliphatic heterocycles. The third kappa shape index (κ3) is 1.66. The molecule has 1 aromatic rings. The van der Waals surface area contributed by atoms with Crippen molar-refractivity contribution in [3.63, 3.8) is 0 Å². The average Bonchev–Trinajstić information content (AvgIpc) is 2.05. The Morgan fingerprint density at radius 1 is 1.58 bits per heavy atom. The van der Waals surface area contributed by atoms with E-state index in [-0.39, 0.29) is 12.3 Å². The Kier molecular flexibility index (Phi) is 2.53. The van der Waals surface area contributed by atoms with Crippen molar-refractivity contribution in [3.05, 3.63) is 34.2 Å². The molecule has 1 rings (SSSR count). The van der Waals surface area contributed by atoms with E-state index in [2.05, 4.69) is 10.0 Å². The van der Waals surface area contributed by atoms with Crippen LogP contribution in [0.4, 0.5) is 5.69 Å². The van der Waals surface area contributed by atoms with Crippen molar-refractivity contribution in [2.75, 3.05) is 0 Å². The molecule has 0 bridgehead atoms. The van der Waals surface area contributed by atoms with Gasteiger partial charge in [0.1, 0.15) is 5.75 Å². The van der Waals surface area contributed by atoms with E-state index < -0.39 is 0 Å². The van der Waals surface area contributed by atoms with E-state index in [4.69, 9.17) is 11.3 Å². The SMILES string of the molecule is [N-]=[N+]=Nc1ccc(CN)c(O)c1. The molecule has 12 heavy (non-hydrogen) atoms. The Bertz CT molecular complexity index is 330. The Balaban J connectivity index is 3.09. The molecular formula is C7H8N4O. The van der Waals surface area contributed by atoms with Crippen LogP contribution in [-0.2, 0) is 6.54 Å². The Morgan fingerprint density at radius 2 is 2.33 bits per heavy atom. The van der Waals surface area contributed by atoms with Crippen molar-refractivity contribution in [1.29, 1.82) is 0 Å². The molecule has 0 spiro atoms. The summed E-state index contributed by atoms with van der Waals surface area (Å²) in [7, 11) is 0. The van der Waals surface area contributed by atoms with Gasteiger partial charge in [-0.2, -0.15) is 0 Å². The fraction of sp³-hybridized carbons (Fsp3) is 0.143. The van der Waals surface area contributed by atoms with Gasteiger partial charge in [0.05, 0.1) is 0 Å². The van der Waals surface area contributed by atoms with Crippen LogP contribution in [0.5, 0.6) is 5.75 Å². The van der Waals surface area contributed by atoms with E-state index in [1.807, 2.05) is 0 Å². The van der Waals surface area contributed by atoms with Gasteiger partial charge in [-0.05, 0) is 11.6 Å². The average molecular weight is 164 g/mol. The van der Waals surface area contributed by atoms with Gasteiger partial charge in [0.25, 0.3) is 0 Å². The summed E-state index contributed by atoms with van der Waals surface area (Å²) in [6.07, 6.45) is 0.